The fourth-order valence-electron chi connectivity index (χ4n) is 3.89. The molecule has 0 unspecified atom stereocenters. The van der Waals surface area contributed by atoms with Crippen molar-refractivity contribution in [3.8, 4) is 0 Å². The molecule has 1 aromatic rings. The minimum atomic E-state index is -0.888. The molecule has 3 rings (SSSR count). The van der Waals surface area contributed by atoms with E-state index in [-0.39, 0.29) is 12.5 Å². The summed E-state index contributed by atoms with van der Waals surface area (Å²) in [5.41, 5.74) is 0.442. The van der Waals surface area contributed by atoms with Gasteiger partial charge in [0.25, 0.3) is 0 Å². The van der Waals surface area contributed by atoms with Crippen LogP contribution in [0.15, 0.2) is 27.8 Å². The number of hydrogen-bond acceptors (Lipinski definition) is 9. The van der Waals surface area contributed by atoms with Crippen LogP contribution in [0.4, 0.5) is 0 Å². The number of thiocarbonyl (C=S) groups is 1. The third-order valence-corrected chi connectivity index (χ3v) is 7.32. The van der Waals surface area contributed by atoms with Gasteiger partial charge in [-0.25, -0.2) is 9.78 Å². The van der Waals surface area contributed by atoms with Crippen molar-refractivity contribution in [1.29, 1.82) is 0 Å². The van der Waals surface area contributed by atoms with E-state index in [0.717, 1.165) is 36.9 Å². The molecule has 0 aliphatic carbocycles. The zero-order valence-corrected chi connectivity index (χ0v) is 22.4. The standard InChI is InChI=1S/C23H34N6O4S2/c1-5-28(15-23(3,4)21(31)32)22(34)29-10-8-27(9-11-29)14-17-16(20(30)33-6-2)13-25-18(26-17)19-24-7-12-35-19/h7,12H,5-6,8-11,13-15H2,1-4H3,(H,25,26)(H,31,32). The SMILES string of the molecule is CCOC(=O)C1=C(CN2CCN(C(=S)N(CC)CC(C)(C)C(=O)O)CC2)NC(c2nccs2)=NC1. The maximum atomic E-state index is 12.6. The monoisotopic (exact) mass is 522 g/mol. The number of amidine groups is 1. The molecule has 35 heavy (non-hydrogen) atoms. The zero-order chi connectivity index (χ0) is 25.6. The summed E-state index contributed by atoms with van der Waals surface area (Å²) < 4.78 is 5.26. The second-order valence-electron chi connectivity index (χ2n) is 9.05. The number of thiazole rings is 1. The Labute approximate surface area is 215 Å². The lowest BCUT2D eigenvalue weighted by molar-refractivity contribution is -0.147. The quantitative estimate of drug-likeness (QED) is 0.367. The Morgan fingerprint density at radius 2 is 2.00 bits per heavy atom. The maximum Gasteiger partial charge on any atom is 0.337 e. The lowest BCUT2D eigenvalue weighted by atomic mass is 9.93. The van der Waals surface area contributed by atoms with Gasteiger partial charge in [0.1, 0.15) is 0 Å². The van der Waals surface area contributed by atoms with Crippen molar-refractivity contribution in [2.24, 2.45) is 10.4 Å². The topological polar surface area (TPSA) is 111 Å². The number of esters is 1. The Balaban J connectivity index is 1.63. The van der Waals surface area contributed by atoms with Crippen LogP contribution in [0, 0.1) is 5.41 Å². The number of nitrogens with zero attached hydrogens (tertiary/aromatic N) is 5. The van der Waals surface area contributed by atoms with Gasteiger partial charge in [0.15, 0.2) is 16.0 Å². The normalized spacial score (nSPS) is 17.0. The summed E-state index contributed by atoms with van der Waals surface area (Å²) in [5.74, 6) is -0.520. The summed E-state index contributed by atoms with van der Waals surface area (Å²) in [5, 5.41) is 16.2. The molecule has 192 valence electrons. The molecule has 12 heteroatoms. The number of aliphatic imine (C=N–C) groups is 1. The molecular formula is C23H34N6O4S2. The molecule has 0 atom stereocenters. The number of nitrogens with one attached hydrogen (secondary N) is 1. The van der Waals surface area contributed by atoms with E-state index in [2.05, 4.69) is 25.1 Å². The lowest BCUT2D eigenvalue weighted by Gasteiger charge is -2.41. The number of carbonyl (C=O) groups excluding carboxylic acids is 1. The van der Waals surface area contributed by atoms with Crippen molar-refractivity contribution in [2.45, 2.75) is 27.7 Å². The predicted octanol–water partition coefficient (Wildman–Crippen LogP) is 1.65. The highest BCUT2D eigenvalue weighted by Crippen LogP contribution is 2.20. The lowest BCUT2D eigenvalue weighted by Crippen LogP contribution is -2.55. The number of carboxylic acids is 1. The predicted molar refractivity (Wildman–Crippen MR) is 140 cm³/mol. The first-order valence-electron chi connectivity index (χ1n) is 11.8. The number of aliphatic carboxylic acids is 1. The van der Waals surface area contributed by atoms with Crippen molar-refractivity contribution in [3.63, 3.8) is 0 Å². The van der Waals surface area contributed by atoms with E-state index in [0.29, 0.717) is 42.8 Å². The molecule has 0 radical (unpaired) electrons. The van der Waals surface area contributed by atoms with Crippen LogP contribution in [0.5, 0.6) is 0 Å². The van der Waals surface area contributed by atoms with Gasteiger partial charge in [-0.3, -0.25) is 14.7 Å². The van der Waals surface area contributed by atoms with E-state index in [9.17, 15) is 14.7 Å². The molecular weight excluding hydrogens is 488 g/mol. The molecule has 3 heterocycles. The molecule has 2 aliphatic heterocycles. The van der Waals surface area contributed by atoms with E-state index < -0.39 is 11.4 Å². The first-order valence-corrected chi connectivity index (χ1v) is 13.0. The number of rotatable bonds is 9. The van der Waals surface area contributed by atoms with Crippen molar-refractivity contribution in [2.75, 3.05) is 59.0 Å². The Morgan fingerprint density at radius 3 is 2.57 bits per heavy atom. The number of carboxylic acid groups (broad SMARTS) is 1. The summed E-state index contributed by atoms with van der Waals surface area (Å²) in [6.07, 6.45) is 1.73. The first kappa shape index (κ1) is 27.0. The molecule has 1 fully saturated rings. The van der Waals surface area contributed by atoms with Crippen LogP contribution >= 0.6 is 23.6 Å². The largest absolute Gasteiger partial charge is 0.481 e. The number of aromatic nitrogens is 1. The first-order chi connectivity index (χ1) is 16.7. The van der Waals surface area contributed by atoms with Gasteiger partial charge in [-0.15, -0.1) is 11.3 Å². The molecule has 10 nitrogen and oxygen atoms in total. The van der Waals surface area contributed by atoms with Gasteiger partial charge in [-0.2, -0.15) is 0 Å². The highest BCUT2D eigenvalue weighted by Gasteiger charge is 2.32. The van der Waals surface area contributed by atoms with Crippen LogP contribution in [0.2, 0.25) is 0 Å². The molecule has 2 aliphatic rings. The average Bonchev–Trinajstić information content (AvgIpc) is 3.38. The van der Waals surface area contributed by atoms with E-state index >= 15 is 0 Å². The Morgan fingerprint density at radius 1 is 1.29 bits per heavy atom. The fourth-order valence-corrected chi connectivity index (χ4v) is 4.87. The maximum absolute atomic E-state index is 12.6. The van der Waals surface area contributed by atoms with Gasteiger partial charge in [-0.05, 0) is 39.9 Å². The second-order valence-corrected chi connectivity index (χ2v) is 10.3. The highest BCUT2D eigenvalue weighted by molar-refractivity contribution is 7.80. The van der Waals surface area contributed by atoms with Crippen LogP contribution in [-0.4, -0.2) is 107 Å². The van der Waals surface area contributed by atoms with Gasteiger partial charge in [-0.1, -0.05) is 0 Å². The van der Waals surface area contributed by atoms with Crippen molar-refractivity contribution in [3.05, 3.63) is 27.9 Å². The van der Waals surface area contributed by atoms with Crippen molar-refractivity contribution < 1.29 is 19.4 Å². The van der Waals surface area contributed by atoms with E-state index in [1.807, 2.05) is 17.2 Å². The Hall–Kier alpha value is -2.57. The minimum absolute atomic E-state index is 0.255. The molecule has 0 saturated carbocycles. The van der Waals surface area contributed by atoms with Crippen LogP contribution in [-0.2, 0) is 14.3 Å². The van der Waals surface area contributed by atoms with Crippen LogP contribution in [0.25, 0.3) is 0 Å². The van der Waals surface area contributed by atoms with E-state index in [4.69, 9.17) is 17.0 Å². The highest BCUT2D eigenvalue weighted by atomic mass is 32.1. The summed E-state index contributed by atoms with van der Waals surface area (Å²) >= 11 is 7.22. The zero-order valence-electron chi connectivity index (χ0n) is 20.7. The van der Waals surface area contributed by atoms with Gasteiger partial charge in [0.05, 0.1) is 24.1 Å². The fraction of sp³-hybridized carbons (Fsp3) is 0.609. The smallest absolute Gasteiger partial charge is 0.337 e. The molecule has 0 amide bonds. The third-order valence-electron chi connectivity index (χ3n) is 6.03. The van der Waals surface area contributed by atoms with Gasteiger partial charge >= 0.3 is 11.9 Å². The summed E-state index contributed by atoms with van der Waals surface area (Å²) in [7, 11) is 0. The summed E-state index contributed by atoms with van der Waals surface area (Å²) in [6, 6.07) is 0. The molecule has 1 aromatic heterocycles. The Kier molecular flexibility index (Phi) is 9.20. The van der Waals surface area contributed by atoms with E-state index in [1.54, 1.807) is 27.0 Å². The van der Waals surface area contributed by atoms with Crippen LogP contribution < -0.4 is 5.32 Å². The molecule has 2 N–H and O–H groups in total. The van der Waals surface area contributed by atoms with Crippen molar-refractivity contribution >= 4 is 46.4 Å². The van der Waals surface area contributed by atoms with Crippen molar-refractivity contribution in [1.82, 2.24) is 25.0 Å². The third kappa shape index (κ3) is 6.77. The number of carbonyl (C=O) groups is 2. The molecule has 1 saturated heterocycles. The van der Waals surface area contributed by atoms with E-state index in [1.165, 1.54) is 11.3 Å². The number of ether oxygens (including phenoxy) is 1. The average molecular weight is 523 g/mol. The van der Waals surface area contributed by atoms with Gasteiger partial charge in [0, 0.05) is 63.1 Å². The number of piperazine rings is 1. The van der Waals surface area contributed by atoms with Gasteiger partial charge < -0.3 is 25.0 Å². The van der Waals surface area contributed by atoms with Gasteiger partial charge in [0.2, 0.25) is 0 Å². The van der Waals surface area contributed by atoms with Crippen LogP contribution in [0.3, 0.4) is 0 Å². The Bertz CT molecular complexity index is 984. The second kappa shape index (κ2) is 11.9. The molecule has 0 bridgehead atoms. The minimum Gasteiger partial charge on any atom is -0.481 e. The molecule has 0 spiro atoms. The molecule has 0 aromatic carbocycles. The van der Waals surface area contributed by atoms with Crippen LogP contribution in [0.1, 0.15) is 32.7 Å². The summed E-state index contributed by atoms with van der Waals surface area (Å²) in [6.45, 7) is 12.3. The summed E-state index contributed by atoms with van der Waals surface area (Å²) in [4.78, 5) is 39.3. The number of hydrogen-bond donors (Lipinski definition) is 2.